The molecule has 0 aromatic heterocycles. The van der Waals surface area contributed by atoms with Gasteiger partial charge in [-0.15, -0.1) is 0 Å². The molecule has 0 fully saturated rings. The van der Waals surface area contributed by atoms with Crippen LogP contribution in [0.1, 0.15) is 11.1 Å². The van der Waals surface area contributed by atoms with Gasteiger partial charge in [-0.3, -0.25) is 0 Å². The third kappa shape index (κ3) is 3.25. The quantitative estimate of drug-likeness (QED) is 0.667. The summed E-state index contributed by atoms with van der Waals surface area (Å²) in [6.07, 6.45) is 0. The van der Waals surface area contributed by atoms with E-state index < -0.39 is 0 Å². The lowest BCUT2D eigenvalue weighted by atomic mass is 10.1. The van der Waals surface area contributed by atoms with Crippen LogP contribution in [0.4, 0.5) is 0 Å². The zero-order valence-electron chi connectivity index (χ0n) is 6.91. The molecule has 0 aliphatic carbocycles. The molecule has 1 rings (SSSR count). The molecule has 0 amide bonds. The number of carbonyl (C=O) groups excluding carboxylic acids is 1. The maximum atomic E-state index is 8.00. The van der Waals surface area contributed by atoms with E-state index in [1.54, 1.807) is 0 Å². The first kappa shape index (κ1) is 10.8. The van der Waals surface area contributed by atoms with E-state index in [1.165, 1.54) is 5.56 Å². The van der Waals surface area contributed by atoms with Gasteiger partial charge in [-0.05, 0) is 13.0 Å². The predicted octanol–water partition coefficient (Wildman–Crippen LogP) is 1.44. The van der Waals surface area contributed by atoms with Crippen LogP contribution in [0.2, 0.25) is 0 Å². The maximum Gasteiger partial charge on any atom is 0.106 e. The molecule has 0 aliphatic rings. The summed E-state index contributed by atoms with van der Waals surface area (Å²) >= 11 is 4.80. The van der Waals surface area contributed by atoms with Crippen molar-refractivity contribution < 1.29 is 4.79 Å². The van der Waals surface area contributed by atoms with Crippen molar-refractivity contribution in [1.82, 2.24) is 0 Å². The number of hydrogen-bond donors (Lipinski definition) is 1. The summed E-state index contributed by atoms with van der Waals surface area (Å²) in [5, 5.41) is 0. The fourth-order valence-electron chi connectivity index (χ4n) is 0.798. The average molecular weight is 181 g/mol. The van der Waals surface area contributed by atoms with Crippen molar-refractivity contribution in [2.24, 2.45) is 5.73 Å². The van der Waals surface area contributed by atoms with Gasteiger partial charge in [-0.25, -0.2) is 0 Å². The molecule has 1 aromatic rings. The molecule has 3 heteroatoms. The van der Waals surface area contributed by atoms with Gasteiger partial charge in [0.15, 0.2) is 0 Å². The lowest BCUT2D eigenvalue weighted by Gasteiger charge is -1.97. The van der Waals surface area contributed by atoms with Crippen molar-refractivity contribution in [2.75, 3.05) is 0 Å². The summed E-state index contributed by atoms with van der Waals surface area (Å²) in [6.45, 7) is 4.02. The smallest absolute Gasteiger partial charge is 0.106 e. The molecule has 2 N–H and O–H groups in total. The summed E-state index contributed by atoms with van der Waals surface area (Å²) in [4.78, 5) is 8.46. The Labute approximate surface area is 77.4 Å². The molecule has 1 aromatic carbocycles. The van der Waals surface area contributed by atoms with E-state index in [0.717, 1.165) is 5.56 Å². The van der Waals surface area contributed by atoms with Gasteiger partial charge in [0.05, 0.1) is 0 Å². The van der Waals surface area contributed by atoms with Gasteiger partial charge < -0.3 is 10.5 Å². The minimum Gasteiger partial charge on any atom is -0.389 e. The predicted molar refractivity (Wildman–Crippen MR) is 54.2 cm³/mol. The fourth-order valence-corrected chi connectivity index (χ4v) is 0.925. The Bertz CT molecular complexity index is 273. The third-order valence-electron chi connectivity index (χ3n) is 1.30. The molecule has 2 nitrogen and oxygen atoms in total. The highest BCUT2D eigenvalue weighted by molar-refractivity contribution is 7.80. The minimum absolute atomic E-state index is 0.462. The number of carbonyl (C=O) groups is 1. The second kappa shape index (κ2) is 5.43. The van der Waals surface area contributed by atoms with Gasteiger partial charge in [0, 0.05) is 5.56 Å². The van der Waals surface area contributed by atoms with Crippen molar-refractivity contribution in [3.05, 3.63) is 35.4 Å². The maximum absolute atomic E-state index is 8.00. The summed E-state index contributed by atoms with van der Waals surface area (Å²) < 4.78 is 0. The molecule has 0 atom stereocenters. The summed E-state index contributed by atoms with van der Waals surface area (Å²) in [5.74, 6) is 0. The molecule has 64 valence electrons. The molecule has 0 aliphatic heterocycles. The molecular formula is C9H11NOS. The fraction of sp³-hybridized carbons (Fsp3) is 0.111. The highest BCUT2D eigenvalue weighted by atomic mass is 32.1. The topological polar surface area (TPSA) is 43.1 Å². The zero-order chi connectivity index (χ0) is 9.56. The molecule has 0 radical (unpaired) electrons. The van der Waals surface area contributed by atoms with E-state index in [2.05, 4.69) is 0 Å². The van der Waals surface area contributed by atoms with Crippen LogP contribution in [0.15, 0.2) is 24.3 Å². The van der Waals surface area contributed by atoms with Crippen molar-refractivity contribution >= 4 is 24.0 Å². The van der Waals surface area contributed by atoms with Gasteiger partial charge >= 0.3 is 0 Å². The summed E-state index contributed by atoms with van der Waals surface area (Å²) in [6, 6.07) is 7.85. The van der Waals surface area contributed by atoms with Gasteiger partial charge in [0.2, 0.25) is 0 Å². The SMILES string of the molecule is C=O.Cc1cccc(C(N)=S)c1. The third-order valence-corrected chi connectivity index (χ3v) is 1.54. The Morgan fingerprint density at radius 1 is 1.50 bits per heavy atom. The Hall–Kier alpha value is -1.22. The lowest BCUT2D eigenvalue weighted by molar-refractivity contribution is -0.0979. The lowest BCUT2D eigenvalue weighted by Crippen LogP contribution is -2.08. The first-order valence-electron chi connectivity index (χ1n) is 3.35. The van der Waals surface area contributed by atoms with Gasteiger partial charge in [-0.2, -0.15) is 0 Å². The average Bonchev–Trinajstić information content (AvgIpc) is 2.08. The number of thiocarbonyl (C=S) groups is 1. The molecule has 12 heavy (non-hydrogen) atoms. The van der Waals surface area contributed by atoms with Crippen molar-refractivity contribution in [3.63, 3.8) is 0 Å². The van der Waals surface area contributed by atoms with Gasteiger partial charge in [0.25, 0.3) is 0 Å². The van der Waals surface area contributed by atoms with E-state index in [1.807, 2.05) is 38.0 Å². The van der Waals surface area contributed by atoms with Gasteiger partial charge in [-0.1, -0.05) is 36.0 Å². The molecule has 0 heterocycles. The Morgan fingerprint density at radius 3 is 2.42 bits per heavy atom. The summed E-state index contributed by atoms with van der Waals surface area (Å²) in [5.41, 5.74) is 7.54. The zero-order valence-corrected chi connectivity index (χ0v) is 7.73. The number of rotatable bonds is 1. The van der Waals surface area contributed by atoms with Crippen LogP contribution in [-0.4, -0.2) is 11.8 Å². The molecule has 0 saturated carbocycles. The molecular weight excluding hydrogens is 170 g/mol. The monoisotopic (exact) mass is 181 g/mol. The number of benzene rings is 1. The van der Waals surface area contributed by atoms with E-state index in [9.17, 15) is 0 Å². The highest BCUT2D eigenvalue weighted by Crippen LogP contribution is 2.02. The van der Waals surface area contributed by atoms with Crippen molar-refractivity contribution in [2.45, 2.75) is 6.92 Å². The largest absolute Gasteiger partial charge is 0.389 e. The molecule has 0 saturated heterocycles. The Balaban J connectivity index is 0.000000561. The number of hydrogen-bond acceptors (Lipinski definition) is 2. The van der Waals surface area contributed by atoms with Crippen LogP contribution < -0.4 is 5.73 Å². The first-order chi connectivity index (χ1) is 5.70. The highest BCUT2D eigenvalue weighted by Gasteiger charge is 1.92. The molecule has 0 spiro atoms. The van der Waals surface area contributed by atoms with Crippen LogP contribution in [0.5, 0.6) is 0 Å². The number of aryl methyl sites for hydroxylation is 1. The Morgan fingerprint density at radius 2 is 2.08 bits per heavy atom. The van der Waals surface area contributed by atoms with Crippen LogP contribution in [0.25, 0.3) is 0 Å². The van der Waals surface area contributed by atoms with E-state index in [0.29, 0.717) is 4.99 Å². The summed E-state index contributed by atoms with van der Waals surface area (Å²) in [7, 11) is 0. The van der Waals surface area contributed by atoms with Crippen LogP contribution >= 0.6 is 12.2 Å². The molecule has 0 unspecified atom stereocenters. The van der Waals surface area contributed by atoms with Crippen molar-refractivity contribution in [1.29, 1.82) is 0 Å². The standard InChI is InChI=1S/C8H9NS.CH2O/c1-6-3-2-4-7(5-6)8(9)10;1-2/h2-5H,1H3,(H2,9,10);1H2. The van der Waals surface area contributed by atoms with Crippen LogP contribution in [-0.2, 0) is 4.79 Å². The minimum atomic E-state index is 0.462. The second-order valence-corrected chi connectivity index (χ2v) is 2.67. The number of nitrogens with two attached hydrogens (primary N) is 1. The first-order valence-corrected chi connectivity index (χ1v) is 3.76. The molecule has 0 bridgehead atoms. The van der Waals surface area contributed by atoms with E-state index in [-0.39, 0.29) is 0 Å². The van der Waals surface area contributed by atoms with E-state index >= 15 is 0 Å². The second-order valence-electron chi connectivity index (χ2n) is 2.23. The van der Waals surface area contributed by atoms with E-state index in [4.69, 9.17) is 22.7 Å². The van der Waals surface area contributed by atoms with Crippen molar-refractivity contribution in [3.8, 4) is 0 Å². The van der Waals surface area contributed by atoms with Crippen LogP contribution in [0.3, 0.4) is 0 Å². The Kier molecular flexibility index (Phi) is 4.88. The van der Waals surface area contributed by atoms with Crippen LogP contribution in [0, 0.1) is 6.92 Å². The normalized spacial score (nSPS) is 8.08. The van der Waals surface area contributed by atoms with Gasteiger partial charge in [0.1, 0.15) is 11.8 Å².